The van der Waals surface area contributed by atoms with E-state index in [1.807, 2.05) is 53.4 Å². The minimum absolute atomic E-state index is 0.0409. The fraction of sp³-hybridized carbons (Fsp3) is 0.375. The van der Waals surface area contributed by atoms with Gasteiger partial charge in [0.25, 0.3) is 5.91 Å². The molecule has 0 N–H and O–H groups in total. The van der Waals surface area contributed by atoms with E-state index in [1.165, 1.54) is 5.56 Å². The summed E-state index contributed by atoms with van der Waals surface area (Å²) in [6, 6.07) is 20.0. The molecule has 4 rings (SSSR count). The van der Waals surface area contributed by atoms with E-state index < -0.39 is 6.10 Å². The quantitative estimate of drug-likeness (QED) is 0.742. The summed E-state index contributed by atoms with van der Waals surface area (Å²) < 4.78 is 0. The van der Waals surface area contributed by atoms with Gasteiger partial charge in [-0.2, -0.15) is 0 Å². The van der Waals surface area contributed by atoms with Crippen LogP contribution in [-0.4, -0.2) is 59.6 Å². The molecule has 2 amide bonds. The highest BCUT2D eigenvalue weighted by atomic mass is 16.6. The van der Waals surface area contributed by atoms with Crippen LogP contribution in [0.3, 0.4) is 0 Å². The zero-order valence-corrected chi connectivity index (χ0v) is 17.1. The standard InChI is InChI=1S/C24H27N3O3/c28-23(13-7-10-19-8-3-1-4-9-19)26-14-16-27(17-15-26)24(29)22-18-21(25-30-22)20-11-5-2-6-12-20/h1-6,8-9,11-12,22H,7,10,13-18H2. The summed E-state index contributed by atoms with van der Waals surface area (Å²) in [6.07, 6.45) is 2.23. The number of carbonyl (C=O) groups excluding carboxylic acids is 2. The second-order valence-corrected chi connectivity index (χ2v) is 7.75. The van der Waals surface area contributed by atoms with Crippen LogP contribution >= 0.6 is 0 Å². The minimum Gasteiger partial charge on any atom is -0.382 e. The molecule has 0 bridgehead atoms. The van der Waals surface area contributed by atoms with Gasteiger partial charge in [-0.15, -0.1) is 0 Å². The Morgan fingerprint density at radius 2 is 1.53 bits per heavy atom. The van der Waals surface area contributed by atoms with Crippen molar-refractivity contribution in [2.24, 2.45) is 5.16 Å². The van der Waals surface area contributed by atoms with Crippen LogP contribution in [0, 0.1) is 0 Å². The zero-order chi connectivity index (χ0) is 20.8. The molecular weight excluding hydrogens is 378 g/mol. The summed E-state index contributed by atoms with van der Waals surface area (Å²) in [4.78, 5) is 34.4. The van der Waals surface area contributed by atoms with Crippen molar-refractivity contribution in [3.8, 4) is 0 Å². The average molecular weight is 405 g/mol. The number of hydrogen-bond acceptors (Lipinski definition) is 4. The summed E-state index contributed by atoms with van der Waals surface area (Å²) in [5, 5.41) is 4.11. The molecule has 0 aliphatic carbocycles. The van der Waals surface area contributed by atoms with Crippen LogP contribution < -0.4 is 0 Å². The third kappa shape index (κ3) is 4.87. The van der Waals surface area contributed by atoms with E-state index in [0.717, 1.165) is 24.1 Å². The van der Waals surface area contributed by atoms with Crippen LogP contribution in [0.1, 0.15) is 30.4 Å². The number of oxime groups is 1. The lowest BCUT2D eigenvalue weighted by Crippen LogP contribution is -2.52. The Bertz CT molecular complexity index is 890. The lowest BCUT2D eigenvalue weighted by molar-refractivity contribution is -0.146. The molecule has 0 radical (unpaired) electrons. The smallest absolute Gasteiger partial charge is 0.267 e. The van der Waals surface area contributed by atoms with E-state index in [-0.39, 0.29) is 11.8 Å². The van der Waals surface area contributed by atoms with Gasteiger partial charge in [0.2, 0.25) is 12.0 Å². The van der Waals surface area contributed by atoms with Crippen molar-refractivity contribution in [3.63, 3.8) is 0 Å². The van der Waals surface area contributed by atoms with Gasteiger partial charge in [0.1, 0.15) is 0 Å². The first-order chi connectivity index (χ1) is 14.7. The number of benzene rings is 2. The highest BCUT2D eigenvalue weighted by Gasteiger charge is 2.34. The Kier molecular flexibility index (Phi) is 6.42. The Hall–Kier alpha value is -3.15. The fourth-order valence-electron chi connectivity index (χ4n) is 3.94. The second-order valence-electron chi connectivity index (χ2n) is 7.75. The molecule has 0 saturated carbocycles. The van der Waals surface area contributed by atoms with E-state index in [9.17, 15) is 9.59 Å². The summed E-state index contributed by atoms with van der Waals surface area (Å²) in [6.45, 7) is 2.25. The molecule has 1 unspecified atom stereocenters. The molecule has 6 nitrogen and oxygen atoms in total. The predicted molar refractivity (Wildman–Crippen MR) is 115 cm³/mol. The topological polar surface area (TPSA) is 62.2 Å². The van der Waals surface area contributed by atoms with Gasteiger partial charge >= 0.3 is 0 Å². The molecule has 1 saturated heterocycles. The summed E-state index contributed by atoms with van der Waals surface area (Å²) in [7, 11) is 0. The maximum absolute atomic E-state index is 12.8. The molecular formula is C24H27N3O3. The Balaban J connectivity index is 1.20. The predicted octanol–water partition coefficient (Wildman–Crippen LogP) is 2.87. The molecule has 156 valence electrons. The molecule has 2 aromatic carbocycles. The number of piperazine rings is 1. The molecule has 0 spiro atoms. The summed E-state index contributed by atoms with van der Waals surface area (Å²) >= 11 is 0. The number of nitrogens with zero attached hydrogens (tertiary/aromatic N) is 3. The van der Waals surface area contributed by atoms with E-state index in [0.29, 0.717) is 39.0 Å². The fourth-order valence-corrected chi connectivity index (χ4v) is 3.94. The van der Waals surface area contributed by atoms with Crippen LogP contribution in [0.2, 0.25) is 0 Å². The van der Waals surface area contributed by atoms with E-state index in [1.54, 1.807) is 4.90 Å². The maximum Gasteiger partial charge on any atom is 0.267 e. The van der Waals surface area contributed by atoms with Crippen LogP contribution in [-0.2, 0) is 20.8 Å². The highest BCUT2D eigenvalue weighted by molar-refractivity contribution is 6.04. The Labute approximate surface area is 177 Å². The van der Waals surface area contributed by atoms with E-state index >= 15 is 0 Å². The highest BCUT2D eigenvalue weighted by Crippen LogP contribution is 2.19. The van der Waals surface area contributed by atoms with Gasteiger partial charge in [-0.3, -0.25) is 9.59 Å². The van der Waals surface area contributed by atoms with Crippen molar-refractivity contribution >= 4 is 17.5 Å². The number of amides is 2. The molecule has 2 aliphatic heterocycles. The average Bonchev–Trinajstić information content (AvgIpc) is 3.30. The minimum atomic E-state index is -0.562. The van der Waals surface area contributed by atoms with E-state index in [4.69, 9.17) is 4.84 Å². The van der Waals surface area contributed by atoms with Crippen LogP contribution in [0.25, 0.3) is 0 Å². The van der Waals surface area contributed by atoms with Gasteiger partial charge in [0.05, 0.1) is 5.71 Å². The molecule has 30 heavy (non-hydrogen) atoms. The molecule has 2 aromatic rings. The van der Waals surface area contributed by atoms with Crippen molar-refractivity contribution in [1.82, 2.24) is 9.80 Å². The van der Waals surface area contributed by atoms with Gasteiger partial charge < -0.3 is 14.6 Å². The van der Waals surface area contributed by atoms with Crippen molar-refractivity contribution in [1.29, 1.82) is 0 Å². The van der Waals surface area contributed by atoms with Crippen LogP contribution in [0.4, 0.5) is 0 Å². The SMILES string of the molecule is O=C(CCCc1ccccc1)N1CCN(C(=O)C2CC(c3ccccc3)=NO2)CC1. The van der Waals surface area contributed by atoms with Gasteiger partial charge in [0.15, 0.2) is 0 Å². The maximum atomic E-state index is 12.8. The zero-order valence-electron chi connectivity index (χ0n) is 17.1. The van der Waals surface area contributed by atoms with Gasteiger partial charge in [-0.05, 0) is 24.0 Å². The van der Waals surface area contributed by atoms with Gasteiger partial charge in [-0.1, -0.05) is 65.8 Å². The van der Waals surface area contributed by atoms with Crippen molar-refractivity contribution in [2.45, 2.75) is 31.8 Å². The Morgan fingerprint density at radius 1 is 0.900 bits per heavy atom. The molecule has 1 fully saturated rings. The normalized spacial score (nSPS) is 18.7. The van der Waals surface area contributed by atoms with Crippen molar-refractivity contribution < 1.29 is 14.4 Å². The summed E-state index contributed by atoms with van der Waals surface area (Å²) in [5.41, 5.74) is 3.05. The molecule has 0 aromatic heterocycles. The van der Waals surface area contributed by atoms with Gasteiger partial charge in [0, 0.05) is 39.0 Å². The molecule has 6 heteroatoms. The number of rotatable bonds is 6. The molecule has 2 heterocycles. The second kappa shape index (κ2) is 9.57. The lowest BCUT2D eigenvalue weighted by atomic mass is 10.0. The number of carbonyl (C=O) groups is 2. The Morgan fingerprint density at radius 3 is 2.23 bits per heavy atom. The molecule has 1 atom stereocenters. The first-order valence-corrected chi connectivity index (χ1v) is 10.6. The van der Waals surface area contributed by atoms with Crippen LogP contribution in [0.15, 0.2) is 65.8 Å². The van der Waals surface area contributed by atoms with Gasteiger partial charge in [-0.25, -0.2) is 0 Å². The third-order valence-electron chi connectivity index (χ3n) is 5.69. The number of aryl methyl sites for hydroxylation is 1. The van der Waals surface area contributed by atoms with E-state index in [2.05, 4.69) is 17.3 Å². The van der Waals surface area contributed by atoms with Crippen molar-refractivity contribution in [2.75, 3.05) is 26.2 Å². The summed E-state index contributed by atoms with van der Waals surface area (Å²) in [5.74, 6) is 0.130. The third-order valence-corrected chi connectivity index (χ3v) is 5.69. The molecule has 2 aliphatic rings. The lowest BCUT2D eigenvalue weighted by Gasteiger charge is -2.35. The first kappa shape index (κ1) is 20.1. The van der Waals surface area contributed by atoms with Crippen LogP contribution in [0.5, 0.6) is 0 Å². The number of hydrogen-bond donors (Lipinski definition) is 0. The monoisotopic (exact) mass is 405 g/mol. The first-order valence-electron chi connectivity index (χ1n) is 10.6. The largest absolute Gasteiger partial charge is 0.382 e. The van der Waals surface area contributed by atoms with Crippen molar-refractivity contribution in [3.05, 3.63) is 71.8 Å².